The predicted molar refractivity (Wildman–Crippen MR) is 55.1 cm³/mol. The van der Waals surface area contributed by atoms with Gasteiger partial charge in [-0.05, 0) is 37.5 Å². The molecular formula is C12H20. The monoisotopic (exact) mass is 164 g/mol. The van der Waals surface area contributed by atoms with Crippen LogP contribution >= 0.6 is 0 Å². The lowest BCUT2D eigenvalue weighted by Gasteiger charge is -2.13. The van der Waals surface area contributed by atoms with Crippen molar-refractivity contribution in [3.63, 3.8) is 0 Å². The van der Waals surface area contributed by atoms with Gasteiger partial charge in [-0.25, -0.2) is 0 Å². The van der Waals surface area contributed by atoms with Gasteiger partial charge in [-0.15, -0.1) is 0 Å². The zero-order valence-electron chi connectivity index (χ0n) is 8.29. The molecule has 0 heterocycles. The summed E-state index contributed by atoms with van der Waals surface area (Å²) in [6.45, 7) is 4.53. The second-order valence-electron chi connectivity index (χ2n) is 3.66. The maximum atomic E-state index is 2.40. The summed E-state index contributed by atoms with van der Waals surface area (Å²) in [6, 6.07) is 0. The van der Waals surface area contributed by atoms with Crippen molar-refractivity contribution in [1.82, 2.24) is 0 Å². The molecule has 0 N–H and O–H groups in total. The topological polar surface area (TPSA) is 0 Å². The zero-order valence-corrected chi connectivity index (χ0v) is 8.29. The molecule has 1 aliphatic carbocycles. The van der Waals surface area contributed by atoms with Crippen molar-refractivity contribution in [3.8, 4) is 0 Å². The summed E-state index contributed by atoms with van der Waals surface area (Å²) in [5.74, 6) is 1.58. The van der Waals surface area contributed by atoms with Crippen LogP contribution in [0.1, 0.15) is 39.5 Å². The van der Waals surface area contributed by atoms with Crippen molar-refractivity contribution in [2.45, 2.75) is 39.5 Å². The fraction of sp³-hybridized carbons (Fsp3) is 0.667. The molecule has 0 aliphatic heterocycles. The van der Waals surface area contributed by atoms with Crippen LogP contribution in [0, 0.1) is 11.8 Å². The second kappa shape index (κ2) is 5.18. The van der Waals surface area contributed by atoms with E-state index in [9.17, 15) is 0 Å². The van der Waals surface area contributed by atoms with Gasteiger partial charge in [0.25, 0.3) is 0 Å². The van der Waals surface area contributed by atoms with E-state index in [1.54, 1.807) is 0 Å². The first-order valence-corrected chi connectivity index (χ1v) is 5.20. The molecule has 0 bridgehead atoms. The minimum absolute atomic E-state index is 0.791. The minimum Gasteiger partial charge on any atom is -0.0877 e. The van der Waals surface area contributed by atoms with E-state index >= 15 is 0 Å². The van der Waals surface area contributed by atoms with Crippen molar-refractivity contribution >= 4 is 0 Å². The van der Waals surface area contributed by atoms with Crippen LogP contribution in [-0.4, -0.2) is 0 Å². The van der Waals surface area contributed by atoms with Crippen LogP contribution in [0.5, 0.6) is 0 Å². The predicted octanol–water partition coefficient (Wildman–Crippen LogP) is 3.95. The van der Waals surface area contributed by atoms with E-state index in [0.29, 0.717) is 0 Å². The Morgan fingerprint density at radius 3 is 1.67 bits per heavy atom. The maximum absolute atomic E-state index is 2.40. The molecule has 0 aromatic rings. The van der Waals surface area contributed by atoms with Gasteiger partial charge in [0.05, 0.1) is 0 Å². The Balaban J connectivity index is 2.47. The van der Waals surface area contributed by atoms with E-state index in [2.05, 4.69) is 38.2 Å². The first kappa shape index (κ1) is 9.57. The summed E-state index contributed by atoms with van der Waals surface area (Å²) in [5, 5.41) is 0. The summed E-state index contributed by atoms with van der Waals surface area (Å²) in [6.07, 6.45) is 14.6. The molecule has 0 aromatic carbocycles. The summed E-state index contributed by atoms with van der Waals surface area (Å²) >= 11 is 0. The summed E-state index contributed by atoms with van der Waals surface area (Å²) < 4.78 is 0. The molecule has 1 rings (SSSR count). The quantitative estimate of drug-likeness (QED) is 0.542. The first-order chi connectivity index (χ1) is 5.86. The van der Waals surface area contributed by atoms with Crippen LogP contribution < -0.4 is 0 Å². The summed E-state index contributed by atoms with van der Waals surface area (Å²) in [7, 11) is 0. The summed E-state index contributed by atoms with van der Waals surface area (Å²) in [5.41, 5.74) is 0. The van der Waals surface area contributed by atoms with Crippen molar-refractivity contribution in [1.29, 1.82) is 0 Å². The molecule has 68 valence electrons. The van der Waals surface area contributed by atoms with Gasteiger partial charge in [0, 0.05) is 0 Å². The highest BCUT2D eigenvalue weighted by Gasteiger charge is 2.04. The van der Waals surface area contributed by atoms with Crippen molar-refractivity contribution in [3.05, 3.63) is 24.3 Å². The standard InChI is InChI=1S/C12H20/c1-3-11-7-5-9-12(4-2)10-6-8-11/h5-7,10-12H,3-4,8-9H2,1-2H3/b7-5-,10-6-/t11-,12+/m0/s1. The Hall–Kier alpha value is -0.520. The molecule has 12 heavy (non-hydrogen) atoms. The fourth-order valence-electron chi connectivity index (χ4n) is 1.65. The van der Waals surface area contributed by atoms with Gasteiger partial charge in [-0.1, -0.05) is 38.2 Å². The normalized spacial score (nSPS) is 35.2. The van der Waals surface area contributed by atoms with Gasteiger partial charge < -0.3 is 0 Å². The third-order valence-corrected chi connectivity index (χ3v) is 2.74. The largest absolute Gasteiger partial charge is 0.0877 e. The lowest BCUT2D eigenvalue weighted by Crippen LogP contribution is -1.98. The molecule has 0 heteroatoms. The first-order valence-electron chi connectivity index (χ1n) is 5.20. The van der Waals surface area contributed by atoms with Crippen LogP contribution in [0.15, 0.2) is 24.3 Å². The Morgan fingerprint density at radius 2 is 1.33 bits per heavy atom. The molecule has 0 radical (unpaired) electrons. The minimum atomic E-state index is 0.791. The molecule has 0 saturated carbocycles. The van der Waals surface area contributed by atoms with Crippen molar-refractivity contribution in [2.75, 3.05) is 0 Å². The van der Waals surface area contributed by atoms with E-state index in [0.717, 1.165) is 11.8 Å². The molecular weight excluding hydrogens is 144 g/mol. The molecule has 0 nitrogen and oxygen atoms in total. The lowest BCUT2D eigenvalue weighted by atomic mass is 9.93. The zero-order chi connectivity index (χ0) is 8.81. The van der Waals surface area contributed by atoms with Gasteiger partial charge in [0.2, 0.25) is 0 Å². The van der Waals surface area contributed by atoms with E-state index in [1.807, 2.05) is 0 Å². The smallest absolute Gasteiger partial charge is 0.0202 e. The molecule has 0 spiro atoms. The third-order valence-electron chi connectivity index (χ3n) is 2.74. The molecule has 0 aromatic heterocycles. The van der Waals surface area contributed by atoms with Crippen LogP contribution in [0.4, 0.5) is 0 Å². The second-order valence-corrected chi connectivity index (χ2v) is 3.66. The molecule has 0 unspecified atom stereocenters. The lowest BCUT2D eigenvalue weighted by molar-refractivity contribution is 0.590. The van der Waals surface area contributed by atoms with Gasteiger partial charge in [0.1, 0.15) is 0 Å². The highest BCUT2D eigenvalue weighted by molar-refractivity contribution is 5.01. The van der Waals surface area contributed by atoms with Gasteiger partial charge in [0.15, 0.2) is 0 Å². The van der Waals surface area contributed by atoms with Gasteiger partial charge in [-0.2, -0.15) is 0 Å². The van der Waals surface area contributed by atoms with E-state index in [-0.39, 0.29) is 0 Å². The highest BCUT2D eigenvalue weighted by Crippen LogP contribution is 2.19. The molecule has 0 saturated heterocycles. The van der Waals surface area contributed by atoms with Crippen LogP contribution in [-0.2, 0) is 0 Å². The fourth-order valence-corrected chi connectivity index (χ4v) is 1.65. The van der Waals surface area contributed by atoms with Crippen LogP contribution in [0.2, 0.25) is 0 Å². The maximum Gasteiger partial charge on any atom is -0.0202 e. The molecule has 1 aliphatic rings. The Kier molecular flexibility index (Phi) is 4.13. The number of rotatable bonds is 2. The van der Waals surface area contributed by atoms with Crippen molar-refractivity contribution in [2.24, 2.45) is 11.8 Å². The number of hydrogen-bond donors (Lipinski definition) is 0. The highest BCUT2D eigenvalue weighted by atomic mass is 14.1. The Labute approximate surface area is 76.4 Å². The number of allylic oxidation sites excluding steroid dienone is 4. The Morgan fingerprint density at radius 1 is 0.917 bits per heavy atom. The van der Waals surface area contributed by atoms with Crippen molar-refractivity contribution < 1.29 is 0 Å². The molecule has 0 amide bonds. The molecule has 2 atom stereocenters. The SMILES string of the molecule is CC[C@H]1/C=C\C[C@@H](CC)/C=C\C1. The average Bonchev–Trinajstić information content (AvgIpc) is 2.05. The van der Waals surface area contributed by atoms with E-state index in [1.165, 1.54) is 25.7 Å². The van der Waals surface area contributed by atoms with E-state index < -0.39 is 0 Å². The number of hydrogen-bond acceptors (Lipinski definition) is 0. The Bertz CT molecular complexity index is 145. The van der Waals surface area contributed by atoms with Crippen LogP contribution in [0.25, 0.3) is 0 Å². The van der Waals surface area contributed by atoms with Crippen LogP contribution in [0.3, 0.4) is 0 Å². The molecule has 0 fully saturated rings. The summed E-state index contributed by atoms with van der Waals surface area (Å²) in [4.78, 5) is 0. The third kappa shape index (κ3) is 2.84. The van der Waals surface area contributed by atoms with E-state index in [4.69, 9.17) is 0 Å². The van der Waals surface area contributed by atoms with Gasteiger partial charge >= 0.3 is 0 Å². The average molecular weight is 164 g/mol. The van der Waals surface area contributed by atoms with Gasteiger partial charge in [-0.3, -0.25) is 0 Å².